The monoisotopic (exact) mass is 212 g/mol. The minimum absolute atomic E-state index is 0.572. The third kappa shape index (κ3) is 1.24. The number of imidazole rings is 1. The molecule has 0 aliphatic carbocycles. The van der Waals surface area contributed by atoms with Crippen molar-refractivity contribution in [3.63, 3.8) is 0 Å². The lowest BCUT2D eigenvalue weighted by molar-refractivity contribution is 0.111. The van der Waals surface area contributed by atoms with Gasteiger partial charge in [-0.1, -0.05) is 6.07 Å². The highest BCUT2D eigenvalue weighted by Gasteiger charge is 2.08. The molecular formula is C12H8N2O2. The first-order valence-electron chi connectivity index (χ1n) is 4.85. The number of nitrogens with zero attached hydrogens (tertiary/aromatic N) is 2. The normalized spacial score (nSPS) is 10.8. The summed E-state index contributed by atoms with van der Waals surface area (Å²) in [7, 11) is 0. The molecule has 4 heteroatoms. The lowest BCUT2D eigenvalue weighted by Gasteiger charge is -1.94. The van der Waals surface area contributed by atoms with Crippen LogP contribution in [-0.2, 0) is 0 Å². The molecule has 0 radical (unpaired) electrons. The van der Waals surface area contributed by atoms with Crippen molar-refractivity contribution in [2.24, 2.45) is 0 Å². The SMILES string of the molecule is O=Cc1cccc2nc(-c3ccco3)cn12. The number of carbonyl (C=O) groups excluding carboxylic acids is 1. The molecule has 0 atom stereocenters. The van der Waals surface area contributed by atoms with Crippen LogP contribution in [0.1, 0.15) is 10.5 Å². The van der Waals surface area contributed by atoms with Crippen LogP contribution in [0, 0.1) is 0 Å². The summed E-state index contributed by atoms with van der Waals surface area (Å²) in [6, 6.07) is 9.04. The number of hydrogen-bond acceptors (Lipinski definition) is 3. The van der Waals surface area contributed by atoms with E-state index in [4.69, 9.17) is 4.42 Å². The van der Waals surface area contributed by atoms with Gasteiger partial charge in [0.15, 0.2) is 12.0 Å². The average Bonchev–Trinajstić information content (AvgIpc) is 2.96. The van der Waals surface area contributed by atoms with Gasteiger partial charge in [-0.2, -0.15) is 0 Å². The molecule has 0 amide bonds. The number of aromatic nitrogens is 2. The Morgan fingerprint density at radius 2 is 2.19 bits per heavy atom. The first kappa shape index (κ1) is 8.91. The summed E-state index contributed by atoms with van der Waals surface area (Å²) in [6.45, 7) is 0. The zero-order valence-electron chi connectivity index (χ0n) is 8.33. The second-order valence-corrected chi connectivity index (χ2v) is 3.40. The minimum atomic E-state index is 0.572. The number of rotatable bonds is 2. The molecule has 4 nitrogen and oxygen atoms in total. The van der Waals surface area contributed by atoms with Crippen molar-refractivity contribution in [1.29, 1.82) is 0 Å². The van der Waals surface area contributed by atoms with Gasteiger partial charge in [0.25, 0.3) is 0 Å². The topological polar surface area (TPSA) is 47.5 Å². The highest BCUT2D eigenvalue weighted by Crippen LogP contribution is 2.19. The summed E-state index contributed by atoms with van der Waals surface area (Å²) in [5.41, 5.74) is 2.03. The van der Waals surface area contributed by atoms with Crippen LogP contribution in [0.15, 0.2) is 47.2 Å². The molecule has 0 bridgehead atoms. The molecule has 3 rings (SSSR count). The van der Waals surface area contributed by atoms with Gasteiger partial charge < -0.3 is 4.42 Å². The molecule has 0 aliphatic heterocycles. The first-order valence-corrected chi connectivity index (χ1v) is 4.85. The molecule has 78 valence electrons. The summed E-state index contributed by atoms with van der Waals surface area (Å²) in [4.78, 5) is 15.2. The van der Waals surface area contributed by atoms with Crippen molar-refractivity contribution in [1.82, 2.24) is 9.38 Å². The molecule has 16 heavy (non-hydrogen) atoms. The number of carbonyl (C=O) groups is 1. The van der Waals surface area contributed by atoms with Crippen LogP contribution in [0.4, 0.5) is 0 Å². The maximum atomic E-state index is 10.8. The zero-order chi connectivity index (χ0) is 11.0. The Labute approximate surface area is 91.1 Å². The Kier molecular flexibility index (Phi) is 1.86. The first-order chi connectivity index (χ1) is 7.88. The van der Waals surface area contributed by atoms with E-state index >= 15 is 0 Å². The summed E-state index contributed by atoms with van der Waals surface area (Å²) in [5, 5.41) is 0. The molecule has 0 aromatic carbocycles. The molecule has 3 aromatic heterocycles. The van der Waals surface area contributed by atoms with Crippen LogP contribution in [0.3, 0.4) is 0 Å². The van der Waals surface area contributed by atoms with E-state index in [1.807, 2.05) is 12.1 Å². The van der Waals surface area contributed by atoms with Gasteiger partial charge in [0.1, 0.15) is 11.3 Å². The van der Waals surface area contributed by atoms with Gasteiger partial charge in [-0.15, -0.1) is 0 Å². The number of pyridine rings is 1. The minimum Gasteiger partial charge on any atom is -0.463 e. The van der Waals surface area contributed by atoms with Crippen LogP contribution in [0.25, 0.3) is 17.1 Å². The van der Waals surface area contributed by atoms with Crippen molar-refractivity contribution >= 4 is 11.9 Å². The fourth-order valence-electron chi connectivity index (χ4n) is 1.67. The van der Waals surface area contributed by atoms with Crippen molar-refractivity contribution in [2.45, 2.75) is 0 Å². The van der Waals surface area contributed by atoms with E-state index in [9.17, 15) is 4.79 Å². The van der Waals surface area contributed by atoms with Gasteiger partial charge in [-0.25, -0.2) is 4.98 Å². The van der Waals surface area contributed by atoms with Crippen LogP contribution < -0.4 is 0 Å². The van der Waals surface area contributed by atoms with E-state index in [-0.39, 0.29) is 0 Å². The summed E-state index contributed by atoms with van der Waals surface area (Å²) >= 11 is 0. The molecule has 0 saturated carbocycles. The Morgan fingerprint density at radius 3 is 2.94 bits per heavy atom. The third-order valence-corrected chi connectivity index (χ3v) is 2.42. The Bertz CT molecular complexity index is 638. The Hall–Kier alpha value is -2.36. The molecule has 0 saturated heterocycles. The predicted molar refractivity (Wildman–Crippen MR) is 58.3 cm³/mol. The van der Waals surface area contributed by atoms with Crippen LogP contribution in [-0.4, -0.2) is 15.7 Å². The van der Waals surface area contributed by atoms with Gasteiger partial charge >= 0.3 is 0 Å². The van der Waals surface area contributed by atoms with Gasteiger partial charge in [-0.3, -0.25) is 9.20 Å². The largest absolute Gasteiger partial charge is 0.463 e. The van der Waals surface area contributed by atoms with Crippen LogP contribution in [0.5, 0.6) is 0 Å². The van der Waals surface area contributed by atoms with Crippen LogP contribution >= 0.6 is 0 Å². The highest BCUT2D eigenvalue weighted by molar-refractivity contribution is 5.74. The molecule has 0 spiro atoms. The van der Waals surface area contributed by atoms with Crippen molar-refractivity contribution in [2.75, 3.05) is 0 Å². The quantitative estimate of drug-likeness (QED) is 0.613. The molecule has 3 aromatic rings. The second kappa shape index (κ2) is 3.34. The molecule has 0 unspecified atom stereocenters. The van der Waals surface area contributed by atoms with E-state index in [0.717, 1.165) is 17.6 Å². The maximum absolute atomic E-state index is 10.8. The maximum Gasteiger partial charge on any atom is 0.166 e. The van der Waals surface area contributed by atoms with Gasteiger partial charge in [0.05, 0.1) is 12.0 Å². The summed E-state index contributed by atoms with van der Waals surface area (Å²) in [5.74, 6) is 0.695. The lowest BCUT2D eigenvalue weighted by atomic mass is 10.3. The average molecular weight is 212 g/mol. The number of furan rings is 1. The summed E-state index contributed by atoms with van der Waals surface area (Å²) in [6.07, 6.45) is 4.19. The van der Waals surface area contributed by atoms with Gasteiger partial charge in [0.2, 0.25) is 0 Å². The fraction of sp³-hybridized carbons (Fsp3) is 0. The van der Waals surface area contributed by atoms with Gasteiger partial charge in [-0.05, 0) is 24.3 Å². The van der Waals surface area contributed by atoms with E-state index in [0.29, 0.717) is 11.5 Å². The third-order valence-electron chi connectivity index (χ3n) is 2.42. The van der Waals surface area contributed by atoms with E-state index in [2.05, 4.69) is 4.98 Å². The molecule has 0 N–H and O–H groups in total. The Balaban J connectivity index is 2.27. The van der Waals surface area contributed by atoms with E-state index in [1.165, 1.54) is 0 Å². The number of aldehydes is 1. The number of hydrogen-bond donors (Lipinski definition) is 0. The smallest absolute Gasteiger partial charge is 0.166 e. The molecular weight excluding hydrogens is 204 g/mol. The molecule has 0 aliphatic rings. The fourth-order valence-corrected chi connectivity index (χ4v) is 1.67. The number of fused-ring (bicyclic) bond motifs is 1. The van der Waals surface area contributed by atoms with Crippen molar-refractivity contribution in [3.8, 4) is 11.5 Å². The Morgan fingerprint density at radius 1 is 1.25 bits per heavy atom. The second-order valence-electron chi connectivity index (χ2n) is 3.40. The standard InChI is InChI=1S/C12H8N2O2/c15-8-9-3-1-5-12-13-10(7-14(9)12)11-4-2-6-16-11/h1-8H. The van der Waals surface area contributed by atoms with Crippen LogP contribution in [0.2, 0.25) is 0 Å². The van der Waals surface area contributed by atoms with Gasteiger partial charge in [0, 0.05) is 6.20 Å². The van der Waals surface area contributed by atoms with Crippen molar-refractivity contribution < 1.29 is 9.21 Å². The van der Waals surface area contributed by atoms with E-state index < -0.39 is 0 Å². The zero-order valence-corrected chi connectivity index (χ0v) is 8.33. The molecule has 3 heterocycles. The highest BCUT2D eigenvalue weighted by atomic mass is 16.3. The predicted octanol–water partition coefficient (Wildman–Crippen LogP) is 2.41. The lowest BCUT2D eigenvalue weighted by Crippen LogP contribution is -1.91. The molecule has 0 fully saturated rings. The van der Waals surface area contributed by atoms with E-state index in [1.54, 1.807) is 35.1 Å². The van der Waals surface area contributed by atoms with Crippen molar-refractivity contribution in [3.05, 3.63) is 48.5 Å². The summed E-state index contributed by atoms with van der Waals surface area (Å²) < 4.78 is 7.00.